The quantitative estimate of drug-likeness (QED) is 0.766. The van der Waals surface area contributed by atoms with E-state index in [1.807, 2.05) is 0 Å². The van der Waals surface area contributed by atoms with Gasteiger partial charge in [-0.25, -0.2) is 4.39 Å². The van der Waals surface area contributed by atoms with Crippen molar-refractivity contribution in [2.24, 2.45) is 0 Å². The molecule has 1 N–H and O–H groups in total. The second-order valence-corrected chi connectivity index (χ2v) is 8.42. The highest BCUT2D eigenvalue weighted by Crippen LogP contribution is 2.33. The number of piperidine rings is 1. The van der Waals surface area contributed by atoms with Crippen molar-refractivity contribution in [2.45, 2.75) is 30.6 Å². The van der Waals surface area contributed by atoms with Crippen LogP contribution in [0.2, 0.25) is 0 Å². The molecule has 3 aromatic rings. The van der Waals surface area contributed by atoms with Gasteiger partial charge in [-0.1, -0.05) is 18.2 Å². The minimum Gasteiger partial charge on any atom is -0.317 e. The number of nitrogens with zero attached hydrogens (tertiary/aromatic N) is 2. The summed E-state index contributed by atoms with van der Waals surface area (Å²) in [5.41, 5.74) is 1.66. The molecular weight excluding hydrogens is 353 g/mol. The fourth-order valence-corrected chi connectivity index (χ4v) is 5.12. The summed E-state index contributed by atoms with van der Waals surface area (Å²) in [5, 5.41) is 8.48. The van der Waals surface area contributed by atoms with Gasteiger partial charge in [0.2, 0.25) is 0 Å². The van der Waals surface area contributed by atoms with Gasteiger partial charge in [0, 0.05) is 17.4 Å². The Morgan fingerprint density at radius 2 is 1.88 bits per heavy atom. The smallest absolute Gasteiger partial charge is 0.283 e. The zero-order valence-electron chi connectivity index (χ0n) is 14.4. The van der Waals surface area contributed by atoms with E-state index >= 15 is 0 Å². The molecule has 0 radical (unpaired) electrons. The lowest BCUT2D eigenvalue weighted by atomic mass is 9.93. The Balaban J connectivity index is 1.95. The van der Waals surface area contributed by atoms with E-state index < -0.39 is 15.8 Å². The zero-order chi connectivity index (χ0) is 18.3. The van der Waals surface area contributed by atoms with E-state index in [1.54, 1.807) is 37.3 Å². The topological polar surface area (TPSA) is 64.0 Å². The molecule has 0 saturated carbocycles. The summed E-state index contributed by atoms with van der Waals surface area (Å²) in [5.74, 6) is -0.312. The molecule has 1 aromatic heterocycles. The third-order valence-corrected chi connectivity index (χ3v) is 6.71. The molecule has 2 heterocycles. The Kier molecular flexibility index (Phi) is 4.28. The largest absolute Gasteiger partial charge is 0.317 e. The highest BCUT2D eigenvalue weighted by atomic mass is 32.2. The molecular formula is C19H20FN3O2S. The summed E-state index contributed by atoms with van der Waals surface area (Å²) in [6.45, 7) is 3.47. The average Bonchev–Trinajstić information content (AvgIpc) is 3.02. The first-order valence-electron chi connectivity index (χ1n) is 8.68. The number of aromatic nitrogens is 2. The van der Waals surface area contributed by atoms with Gasteiger partial charge in [-0.3, -0.25) is 0 Å². The molecule has 1 fully saturated rings. The molecule has 5 nitrogen and oxygen atoms in total. The Morgan fingerprint density at radius 3 is 2.62 bits per heavy atom. The summed E-state index contributed by atoms with van der Waals surface area (Å²) >= 11 is 0. The monoisotopic (exact) mass is 373 g/mol. The van der Waals surface area contributed by atoms with E-state index in [4.69, 9.17) is 0 Å². The van der Waals surface area contributed by atoms with Crippen LogP contribution < -0.4 is 5.32 Å². The second kappa shape index (κ2) is 6.48. The fraction of sp³-hybridized carbons (Fsp3) is 0.316. The van der Waals surface area contributed by atoms with Gasteiger partial charge in [0.1, 0.15) is 5.82 Å². The normalized spacial score (nSPS) is 16.2. The van der Waals surface area contributed by atoms with Gasteiger partial charge in [-0.2, -0.15) is 17.6 Å². The van der Waals surface area contributed by atoms with Gasteiger partial charge in [0.25, 0.3) is 10.0 Å². The van der Waals surface area contributed by atoms with Gasteiger partial charge in [0.15, 0.2) is 0 Å². The van der Waals surface area contributed by atoms with Crippen LogP contribution in [-0.2, 0) is 10.0 Å². The molecule has 0 bridgehead atoms. The Bertz CT molecular complexity index is 1070. The van der Waals surface area contributed by atoms with Crippen molar-refractivity contribution in [2.75, 3.05) is 13.1 Å². The number of hydrogen-bond acceptors (Lipinski definition) is 4. The molecule has 1 saturated heterocycles. The van der Waals surface area contributed by atoms with Crippen molar-refractivity contribution in [3.8, 4) is 0 Å². The van der Waals surface area contributed by atoms with Gasteiger partial charge in [0.05, 0.1) is 16.1 Å². The predicted octanol–water partition coefficient (Wildman–Crippen LogP) is 3.19. The lowest BCUT2D eigenvalue weighted by Crippen LogP contribution is -2.27. The molecule has 1 aliphatic heterocycles. The van der Waals surface area contributed by atoms with Crippen molar-refractivity contribution < 1.29 is 12.8 Å². The number of hydrogen-bond donors (Lipinski definition) is 1. The molecule has 7 heteroatoms. The van der Waals surface area contributed by atoms with Gasteiger partial charge in [-0.05, 0) is 56.6 Å². The summed E-state index contributed by atoms with van der Waals surface area (Å²) in [4.78, 5) is 0.186. The molecule has 26 heavy (non-hydrogen) atoms. The number of halogens is 1. The molecule has 0 unspecified atom stereocenters. The van der Waals surface area contributed by atoms with Crippen molar-refractivity contribution in [1.29, 1.82) is 0 Å². The average molecular weight is 373 g/mol. The first kappa shape index (κ1) is 17.2. The minimum absolute atomic E-state index is 0.164. The van der Waals surface area contributed by atoms with Crippen LogP contribution in [0.5, 0.6) is 0 Å². The van der Waals surface area contributed by atoms with Gasteiger partial charge >= 0.3 is 0 Å². The summed E-state index contributed by atoms with van der Waals surface area (Å²) in [6.07, 6.45) is 1.77. The van der Waals surface area contributed by atoms with Crippen LogP contribution in [0.15, 0.2) is 47.4 Å². The number of aryl methyl sites for hydroxylation is 1. The van der Waals surface area contributed by atoms with Crippen LogP contribution >= 0.6 is 0 Å². The maximum atomic E-state index is 13.9. The zero-order valence-corrected chi connectivity index (χ0v) is 15.3. The number of nitrogens with one attached hydrogen (secondary N) is 1. The van der Waals surface area contributed by atoms with E-state index in [-0.39, 0.29) is 10.8 Å². The lowest BCUT2D eigenvalue weighted by Gasteiger charge is -2.21. The first-order valence-corrected chi connectivity index (χ1v) is 10.1. The summed E-state index contributed by atoms with van der Waals surface area (Å²) in [7, 11) is -3.91. The van der Waals surface area contributed by atoms with Gasteiger partial charge < -0.3 is 5.32 Å². The summed E-state index contributed by atoms with van der Waals surface area (Å²) < 4.78 is 41.4. The standard InChI is InChI=1S/C19H20FN3O2S/c1-13-4-2-3-5-18(13)26(24,25)23-17-12-15(20)6-7-16(17)19(22-23)14-8-10-21-11-9-14/h2-7,12,14,21H,8-11H2,1H3. The van der Waals surface area contributed by atoms with E-state index in [0.717, 1.165) is 35.7 Å². The first-order chi connectivity index (χ1) is 12.5. The van der Waals surface area contributed by atoms with Gasteiger partial charge in [-0.15, -0.1) is 0 Å². The van der Waals surface area contributed by atoms with E-state index in [2.05, 4.69) is 10.4 Å². The SMILES string of the molecule is Cc1ccccc1S(=O)(=O)n1nc(C2CCNCC2)c2ccc(F)cc21. The summed E-state index contributed by atoms with van der Waals surface area (Å²) in [6, 6.07) is 11.0. The van der Waals surface area contributed by atoms with Crippen LogP contribution in [0.3, 0.4) is 0 Å². The highest BCUT2D eigenvalue weighted by Gasteiger charge is 2.28. The van der Waals surface area contributed by atoms with Crippen LogP contribution in [0, 0.1) is 12.7 Å². The predicted molar refractivity (Wildman–Crippen MR) is 98.3 cm³/mol. The fourth-order valence-electron chi connectivity index (χ4n) is 3.60. The number of fused-ring (bicyclic) bond motifs is 1. The van der Waals surface area contributed by atoms with Crippen molar-refractivity contribution in [1.82, 2.24) is 14.5 Å². The maximum absolute atomic E-state index is 13.9. The van der Waals surface area contributed by atoms with Crippen molar-refractivity contribution in [3.05, 3.63) is 59.5 Å². The van der Waals surface area contributed by atoms with E-state index in [1.165, 1.54) is 12.1 Å². The Hall–Kier alpha value is -2.25. The Morgan fingerprint density at radius 1 is 1.15 bits per heavy atom. The third kappa shape index (κ3) is 2.81. The number of benzene rings is 2. The number of rotatable bonds is 3. The van der Waals surface area contributed by atoms with Crippen LogP contribution in [0.4, 0.5) is 4.39 Å². The second-order valence-electron chi connectivity index (χ2n) is 6.68. The molecule has 0 aliphatic carbocycles. The van der Waals surface area contributed by atoms with Crippen molar-refractivity contribution >= 4 is 20.9 Å². The van der Waals surface area contributed by atoms with Crippen LogP contribution in [-0.4, -0.2) is 30.7 Å². The van der Waals surface area contributed by atoms with E-state index in [0.29, 0.717) is 16.5 Å². The Labute approximate surface area is 151 Å². The lowest BCUT2D eigenvalue weighted by molar-refractivity contribution is 0.453. The molecule has 4 rings (SSSR count). The molecule has 136 valence electrons. The molecule has 2 aromatic carbocycles. The molecule has 0 amide bonds. The highest BCUT2D eigenvalue weighted by molar-refractivity contribution is 7.90. The third-order valence-electron chi connectivity index (χ3n) is 4.97. The molecule has 0 spiro atoms. The minimum atomic E-state index is -3.91. The van der Waals surface area contributed by atoms with E-state index in [9.17, 15) is 12.8 Å². The molecule has 1 aliphatic rings. The van der Waals surface area contributed by atoms with Crippen LogP contribution in [0.25, 0.3) is 10.9 Å². The van der Waals surface area contributed by atoms with Crippen molar-refractivity contribution in [3.63, 3.8) is 0 Å². The maximum Gasteiger partial charge on any atom is 0.283 e. The van der Waals surface area contributed by atoms with Crippen LogP contribution in [0.1, 0.15) is 30.0 Å². The molecule has 0 atom stereocenters.